The number of esters is 1. The van der Waals surface area contributed by atoms with Gasteiger partial charge in [-0.2, -0.15) is 0 Å². The number of non-ortho nitro benzene ring substituents is 1. The Morgan fingerprint density at radius 1 is 1.21 bits per heavy atom. The highest BCUT2D eigenvalue weighted by atomic mass is 16.6. The van der Waals surface area contributed by atoms with Gasteiger partial charge in [-0.1, -0.05) is 13.8 Å². The molecular formula is C20H28N2O6. The van der Waals surface area contributed by atoms with E-state index in [1.165, 1.54) is 24.3 Å². The lowest BCUT2D eigenvalue weighted by molar-refractivity contribution is -0.384. The van der Waals surface area contributed by atoms with Gasteiger partial charge in [0.25, 0.3) is 5.69 Å². The molecule has 28 heavy (non-hydrogen) atoms. The largest absolute Gasteiger partial charge is 0.459 e. The normalized spacial score (nSPS) is 20.0. The molecule has 1 saturated heterocycles. The van der Waals surface area contributed by atoms with E-state index in [-0.39, 0.29) is 35.4 Å². The van der Waals surface area contributed by atoms with Crippen LogP contribution in [0.4, 0.5) is 10.5 Å². The number of likely N-dealkylation sites (tertiary alicyclic amines) is 1. The molecule has 0 aromatic heterocycles. The molecule has 1 aromatic rings. The van der Waals surface area contributed by atoms with E-state index in [4.69, 9.17) is 9.47 Å². The van der Waals surface area contributed by atoms with Gasteiger partial charge >= 0.3 is 12.1 Å². The molecule has 0 aliphatic carbocycles. The summed E-state index contributed by atoms with van der Waals surface area (Å²) in [5.74, 6) is -0.346. The van der Waals surface area contributed by atoms with E-state index in [1.54, 1.807) is 4.90 Å². The Hall–Kier alpha value is -2.64. The molecular weight excluding hydrogens is 364 g/mol. The van der Waals surface area contributed by atoms with Crippen molar-refractivity contribution in [1.82, 2.24) is 4.90 Å². The molecule has 0 unspecified atom stereocenters. The summed E-state index contributed by atoms with van der Waals surface area (Å²) in [6.45, 7) is 9.96. The zero-order chi connectivity index (χ0) is 21.1. The van der Waals surface area contributed by atoms with Crippen LogP contribution in [-0.4, -0.2) is 46.2 Å². The molecule has 1 aliphatic rings. The Morgan fingerprint density at radius 3 is 2.32 bits per heavy atom. The highest BCUT2D eigenvalue weighted by Crippen LogP contribution is 2.28. The highest BCUT2D eigenvalue weighted by molar-refractivity contribution is 5.89. The lowest BCUT2D eigenvalue weighted by Crippen LogP contribution is -2.52. The number of benzene rings is 1. The molecule has 1 amide bonds. The van der Waals surface area contributed by atoms with Crippen molar-refractivity contribution in [3.63, 3.8) is 0 Å². The maximum Gasteiger partial charge on any atom is 0.410 e. The Labute approximate surface area is 164 Å². The number of piperidine rings is 1. The van der Waals surface area contributed by atoms with Crippen molar-refractivity contribution in [3.8, 4) is 0 Å². The summed E-state index contributed by atoms with van der Waals surface area (Å²) in [5, 5.41) is 10.7. The van der Waals surface area contributed by atoms with Crippen molar-refractivity contribution in [1.29, 1.82) is 0 Å². The van der Waals surface area contributed by atoms with Crippen LogP contribution in [0.15, 0.2) is 24.3 Å². The molecule has 1 fully saturated rings. The molecule has 0 bridgehead atoms. The van der Waals surface area contributed by atoms with Gasteiger partial charge in [-0.3, -0.25) is 10.1 Å². The lowest BCUT2D eigenvalue weighted by Gasteiger charge is -2.41. The summed E-state index contributed by atoms with van der Waals surface area (Å²) >= 11 is 0. The number of hydrogen-bond acceptors (Lipinski definition) is 6. The second kappa shape index (κ2) is 8.58. The third kappa shape index (κ3) is 5.68. The molecule has 0 saturated carbocycles. The molecule has 8 nitrogen and oxygen atoms in total. The van der Waals surface area contributed by atoms with Gasteiger partial charge in [0, 0.05) is 37.6 Å². The van der Waals surface area contributed by atoms with Gasteiger partial charge in [-0.25, -0.2) is 9.59 Å². The summed E-state index contributed by atoms with van der Waals surface area (Å²) in [7, 11) is 0. The average Bonchev–Trinajstić information content (AvgIpc) is 2.60. The van der Waals surface area contributed by atoms with Gasteiger partial charge in [0.05, 0.1) is 10.5 Å². The van der Waals surface area contributed by atoms with Crippen LogP contribution < -0.4 is 0 Å². The number of nitro groups is 1. The third-order valence-corrected chi connectivity index (χ3v) is 4.58. The van der Waals surface area contributed by atoms with Crippen LogP contribution in [0.5, 0.6) is 0 Å². The monoisotopic (exact) mass is 392 g/mol. The Bertz CT molecular complexity index is 723. The van der Waals surface area contributed by atoms with E-state index in [0.717, 1.165) is 0 Å². The standard InChI is InChI=1S/C20H28N2O6/c1-13(2)17-12-16(10-11-21(17)19(24)28-20(3,4)5)27-18(23)14-6-8-15(9-7-14)22(25)26/h6-9,13,16-17H,10-12H2,1-5H3/t16-,17+/m0/s1. The van der Waals surface area contributed by atoms with Gasteiger partial charge in [-0.05, 0) is 38.8 Å². The number of hydrogen-bond donors (Lipinski definition) is 0. The first-order valence-electron chi connectivity index (χ1n) is 9.43. The van der Waals surface area contributed by atoms with Crippen LogP contribution in [0.2, 0.25) is 0 Å². The summed E-state index contributed by atoms with van der Waals surface area (Å²) in [6.07, 6.45) is 0.358. The van der Waals surface area contributed by atoms with Crippen LogP contribution in [0.3, 0.4) is 0 Å². The SMILES string of the molecule is CC(C)[C@H]1C[C@@H](OC(=O)c2ccc([N+](=O)[O-])cc2)CCN1C(=O)OC(C)(C)C. The minimum Gasteiger partial charge on any atom is -0.459 e. The quantitative estimate of drug-likeness (QED) is 0.433. The van der Waals surface area contributed by atoms with E-state index >= 15 is 0 Å². The van der Waals surface area contributed by atoms with Crippen molar-refractivity contribution in [2.24, 2.45) is 5.92 Å². The fourth-order valence-electron chi connectivity index (χ4n) is 3.19. The predicted octanol–water partition coefficient (Wildman–Crippen LogP) is 4.18. The first kappa shape index (κ1) is 21.7. The molecule has 1 aliphatic heterocycles. The Morgan fingerprint density at radius 2 is 1.82 bits per heavy atom. The highest BCUT2D eigenvalue weighted by Gasteiger charge is 2.37. The molecule has 0 N–H and O–H groups in total. The maximum absolute atomic E-state index is 12.5. The van der Waals surface area contributed by atoms with Gasteiger partial charge in [0.2, 0.25) is 0 Å². The number of rotatable bonds is 4. The number of ether oxygens (including phenoxy) is 2. The molecule has 2 atom stereocenters. The Balaban J connectivity index is 2.02. The van der Waals surface area contributed by atoms with Crippen LogP contribution in [-0.2, 0) is 9.47 Å². The number of carbonyl (C=O) groups is 2. The summed E-state index contributed by atoms with van der Waals surface area (Å²) in [4.78, 5) is 36.8. The lowest BCUT2D eigenvalue weighted by atomic mass is 9.91. The summed E-state index contributed by atoms with van der Waals surface area (Å²) < 4.78 is 11.1. The molecule has 0 radical (unpaired) electrons. The molecule has 0 spiro atoms. The van der Waals surface area contributed by atoms with Gasteiger partial charge in [0.1, 0.15) is 11.7 Å². The smallest absolute Gasteiger partial charge is 0.410 e. The summed E-state index contributed by atoms with van der Waals surface area (Å²) in [5.41, 5.74) is -0.388. The van der Waals surface area contributed by atoms with E-state index in [0.29, 0.717) is 19.4 Å². The van der Waals surface area contributed by atoms with Crippen molar-refractivity contribution >= 4 is 17.7 Å². The van der Waals surface area contributed by atoms with E-state index < -0.39 is 16.5 Å². The zero-order valence-electron chi connectivity index (χ0n) is 17.0. The average molecular weight is 392 g/mol. The number of nitro benzene ring substituents is 1. The van der Waals surface area contributed by atoms with Crippen molar-refractivity contribution in [2.45, 2.75) is 65.2 Å². The van der Waals surface area contributed by atoms with Crippen LogP contribution in [0.25, 0.3) is 0 Å². The molecule has 1 heterocycles. The number of carbonyl (C=O) groups excluding carboxylic acids is 2. The van der Waals surface area contributed by atoms with Crippen LogP contribution in [0, 0.1) is 16.0 Å². The van der Waals surface area contributed by atoms with Crippen LogP contribution in [0.1, 0.15) is 57.8 Å². The van der Waals surface area contributed by atoms with Gasteiger partial charge in [-0.15, -0.1) is 0 Å². The maximum atomic E-state index is 12.5. The first-order valence-corrected chi connectivity index (χ1v) is 9.43. The van der Waals surface area contributed by atoms with E-state index in [9.17, 15) is 19.7 Å². The van der Waals surface area contributed by atoms with Gasteiger partial charge < -0.3 is 14.4 Å². The molecule has 8 heteroatoms. The minimum atomic E-state index is -0.572. The van der Waals surface area contributed by atoms with Crippen molar-refractivity contribution in [2.75, 3.05) is 6.54 Å². The number of nitrogens with zero attached hydrogens (tertiary/aromatic N) is 2. The first-order chi connectivity index (χ1) is 13.0. The molecule has 1 aromatic carbocycles. The number of amides is 1. The fourth-order valence-corrected chi connectivity index (χ4v) is 3.19. The van der Waals surface area contributed by atoms with Crippen molar-refractivity contribution in [3.05, 3.63) is 39.9 Å². The minimum absolute atomic E-state index is 0.0814. The second-order valence-electron chi connectivity index (χ2n) is 8.34. The van der Waals surface area contributed by atoms with E-state index in [2.05, 4.69) is 0 Å². The Kier molecular flexibility index (Phi) is 6.64. The zero-order valence-corrected chi connectivity index (χ0v) is 17.0. The third-order valence-electron chi connectivity index (χ3n) is 4.58. The van der Waals surface area contributed by atoms with Crippen LogP contribution >= 0.6 is 0 Å². The van der Waals surface area contributed by atoms with Gasteiger partial charge in [0.15, 0.2) is 0 Å². The molecule has 154 valence electrons. The summed E-state index contributed by atoms with van der Waals surface area (Å²) in [6, 6.07) is 5.22. The predicted molar refractivity (Wildman–Crippen MR) is 103 cm³/mol. The van der Waals surface area contributed by atoms with Crippen molar-refractivity contribution < 1.29 is 24.0 Å². The van der Waals surface area contributed by atoms with E-state index in [1.807, 2.05) is 34.6 Å². The fraction of sp³-hybridized carbons (Fsp3) is 0.600. The topological polar surface area (TPSA) is 99.0 Å². The second-order valence-corrected chi connectivity index (χ2v) is 8.34. The molecule has 2 rings (SSSR count).